The molecule has 1 unspecified atom stereocenters. The number of hydrogen-bond acceptors (Lipinski definition) is 5. The third-order valence-corrected chi connectivity index (χ3v) is 2.97. The summed E-state index contributed by atoms with van der Waals surface area (Å²) in [4.78, 5) is 9.97. The second-order valence-corrected chi connectivity index (χ2v) is 4.91. The number of nitrogens with zero attached hydrogens (tertiary/aromatic N) is 3. The van der Waals surface area contributed by atoms with Gasteiger partial charge in [-0.2, -0.15) is 5.10 Å². The molecule has 112 valence electrons. The largest absolute Gasteiger partial charge is 0.389 e. The molecule has 1 aromatic carbocycles. The minimum atomic E-state index is -0.795. The van der Waals surface area contributed by atoms with Crippen molar-refractivity contribution < 1.29 is 14.8 Å². The highest BCUT2D eigenvalue weighted by atomic mass is 35.5. The molecule has 0 amide bonds. The fourth-order valence-corrected chi connectivity index (χ4v) is 1.83. The quantitative estimate of drug-likeness (QED) is 0.624. The lowest BCUT2D eigenvalue weighted by atomic mass is 10.2. The predicted molar refractivity (Wildman–Crippen MR) is 76.0 cm³/mol. The molecule has 7 nitrogen and oxygen atoms in total. The Morgan fingerprint density at radius 3 is 2.76 bits per heavy atom. The van der Waals surface area contributed by atoms with E-state index >= 15 is 0 Å². The number of halogens is 1. The van der Waals surface area contributed by atoms with Gasteiger partial charge < -0.3 is 9.84 Å². The van der Waals surface area contributed by atoms with Gasteiger partial charge in [0, 0.05) is 5.02 Å². The molecule has 0 aliphatic heterocycles. The summed E-state index contributed by atoms with van der Waals surface area (Å²) in [5, 5.41) is 24.8. The van der Waals surface area contributed by atoms with Gasteiger partial charge in [-0.15, -0.1) is 0 Å². The molecule has 0 aliphatic carbocycles. The minimum absolute atomic E-state index is 0.107. The molecule has 1 aromatic heterocycles. The third-order valence-electron chi connectivity index (χ3n) is 2.72. The van der Waals surface area contributed by atoms with Gasteiger partial charge in [-0.3, -0.25) is 14.8 Å². The van der Waals surface area contributed by atoms with E-state index in [4.69, 9.17) is 16.3 Å². The minimum Gasteiger partial charge on any atom is -0.389 e. The molecule has 0 spiro atoms. The van der Waals surface area contributed by atoms with Crippen LogP contribution >= 0.6 is 11.6 Å². The molecule has 1 heterocycles. The Balaban J connectivity index is 1.75. The average Bonchev–Trinajstić information content (AvgIpc) is 2.90. The number of benzene rings is 1. The van der Waals surface area contributed by atoms with Crippen LogP contribution in [0.3, 0.4) is 0 Å². The van der Waals surface area contributed by atoms with E-state index in [1.54, 1.807) is 12.1 Å². The molecule has 21 heavy (non-hydrogen) atoms. The first-order valence-electron chi connectivity index (χ1n) is 6.21. The van der Waals surface area contributed by atoms with Gasteiger partial charge in [0.15, 0.2) is 0 Å². The van der Waals surface area contributed by atoms with Crippen molar-refractivity contribution in [2.75, 3.05) is 6.61 Å². The lowest BCUT2D eigenvalue weighted by molar-refractivity contribution is -0.385. The molecule has 8 heteroatoms. The fraction of sp³-hybridized carbons (Fsp3) is 0.308. The molecule has 0 saturated heterocycles. The lowest BCUT2D eigenvalue weighted by Crippen LogP contribution is -2.22. The van der Waals surface area contributed by atoms with E-state index in [0.29, 0.717) is 11.6 Å². The fourth-order valence-electron chi connectivity index (χ4n) is 1.71. The van der Waals surface area contributed by atoms with Crippen molar-refractivity contribution in [1.29, 1.82) is 0 Å². The molecule has 1 N–H and O–H groups in total. The molecule has 0 saturated carbocycles. The van der Waals surface area contributed by atoms with Crippen LogP contribution in [0, 0.1) is 10.1 Å². The Morgan fingerprint density at radius 2 is 2.14 bits per heavy atom. The van der Waals surface area contributed by atoms with Gasteiger partial charge in [0.2, 0.25) is 0 Å². The first-order valence-corrected chi connectivity index (χ1v) is 6.59. The molecule has 0 aliphatic rings. The normalized spacial score (nSPS) is 12.3. The van der Waals surface area contributed by atoms with Gasteiger partial charge in [-0.1, -0.05) is 23.7 Å². The Hall–Kier alpha value is -1.96. The number of aliphatic hydroxyl groups is 1. The molecule has 0 bridgehead atoms. The van der Waals surface area contributed by atoms with Crippen LogP contribution in [-0.2, 0) is 17.9 Å². The van der Waals surface area contributed by atoms with Crippen molar-refractivity contribution in [1.82, 2.24) is 9.78 Å². The number of aliphatic hydroxyl groups excluding tert-OH is 1. The predicted octanol–water partition coefficient (Wildman–Crippen LogP) is 2.02. The summed E-state index contributed by atoms with van der Waals surface area (Å²) in [6.07, 6.45) is 1.61. The zero-order valence-corrected chi connectivity index (χ0v) is 11.8. The van der Waals surface area contributed by atoms with Crippen molar-refractivity contribution in [3.63, 3.8) is 0 Å². The maximum absolute atomic E-state index is 10.5. The highest BCUT2D eigenvalue weighted by Gasteiger charge is 2.12. The number of nitro groups is 1. The van der Waals surface area contributed by atoms with Crippen LogP contribution in [0.15, 0.2) is 36.7 Å². The van der Waals surface area contributed by atoms with E-state index in [0.717, 1.165) is 11.8 Å². The van der Waals surface area contributed by atoms with Gasteiger partial charge in [-0.05, 0) is 17.7 Å². The van der Waals surface area contributed by atoms with Crippen molar-refractivity contribution in [2.45, 2.75) is 19.3 Å². The van der Waals surface area contributed by atoms with Gasteiger partial charge in [-0.25, -0.2) is 0 Å². The molecule has 2 rings (SSSR count). The maximum Gasteiger partial charge on any atom is 0.306 e. The van der Waals surface area contributed by atoms with Crippen molar-refractivity contribution >= 4 is 17.3 Å². The number of hydrogen-bond donors (Lipinski definition) is 1. The molecule has 0 radical (unpaired) electrons. The topological polar surface area (TPSA) is 90.4 Å². The third kappa shape index (κ3) is 4.82. The molecule has 0 fully saturated rings. The van der Waals surface area contributed by atoms with Crippen molar-refractivity contribution in [3.8, 4) is 0 Å². The van der Waals surface area contributed by atoms with Gasteiger partial charge >= 0.3 is 5.69 Å². The monoisotopic (exact) mass is 311 g/mol. The standard InChI is InChI=1S/C13H14ClN3O4/c14-11-3-1-10(2-4-11)8-21-9-13(18)7-16-6-12(5-15-16)17(19)20/h1-6,13,18H,7-9H2. The van der Waals surface area contributed by atoms with Crippen LogP contribution in [0.25, 0.3) is 0 Å². The van der Waals surface area contributed by atoms with Crippen LogP contribution in [0.2, 0.25) is 5.02 Å². The summed E-state index contributed by atoms with van der Waals surface area (Å²) in [5.74, 6) is 0. The molecule has 2 aromatic rings. The van der Waals surface area contributed by atoms with E-state index < -0.39 is 11.0 Å². The van der Waals surface area contributed by atoms with Crippen LogP contribution in [-0.4, -0.2) is 32.5 Å². The summed E-state index contributed by atoms with van der Waals surface area (Å²) in [6, 6.07) is 7.20. The summed E-state index contributed by atoms with van der Waals surface area (Å²) in [5.41, 5.74) is 0.839. The number of ether oxygens (including phenoxy) is 1. The first-order chi connectivity index (χ1) is 10.0. The first kappa shape index (κ1) is 15.4. The van der Waals surface area contributed by atoms with Gasteiger partial charge in [0.05, 0.1) is 30.8 Å². The highest BCUT2D eigenvalue weighted by molar-refractivity contribution is 6.30. The van der Waals surface area contributed by atoms with E-state index in [1.165, 1.54) is 10.9 Å². The smallest absolute Gasteiger partial charge is 0.306 e. The van der Waals surface area contributed by atoms with Crippen molar-refractivity contribution in [3.05, 3.63) is 57.4 Å². The number of aromatic nitrogens is 2. The second kappa shape index (κ2) is 7.16. The summed E-state index contributed by atoms with van der Waals surface area (Å²) in [7, 11) is 0. The Morgan fingerprint density at radius 1 is 1.43 bits per heavy atom. The van der Waals surface area contributed by atoms with E-state index in [9.17, 15) is 15.2 Å². The van der Waals surface area contributed by atoms with Crippen molar-refractivity contribution in [2.24, 2.45) is 0 Å². The Labute approximate surface area is 125 Å². The average molecular weight is 312 g/mol. The van der Waals surface area contributed by atoms with Crippen LogP contribution in [0.5, 0.6) is 0 Å². The Kier molecular flexibility index (Phi) is 5.26. The SMILES string of the molecule is O=[N+]([O-])c1cnn(CC(O)COCc2ccc(Cl)cc2)c1. The summed E-state index contributed by atoms with van der Waals surface area (Å²) >= 11 is 5.77. The Bertz CT molecular complexity index is 600. The highest BCUT2D eigenvalue weighted by Crippen LogP contribution is 2.11. The summed E-state index contributed by atoms with van der Waals surface area (Å²) in [6.45, 7) is 0.595. The van der Waals surface area contributed by atoms with Crippen LogP contribution < -0.4 is 0 Å². The van der Waals surface area contributed by atoms with Crippen LogP contribution in [0.4, 0.5) is 5.69 Å². The van der Waals surface area contributed by atoms with Crippen LogP contribution in [0.1, 0.15) is 5.56 Å². The molecular formula is C13H14ClN3O4. The van der Waals surface area contributed by atoms with E-state index in [-0.39, 0.29) is 18.8 Å². The lowest BCUT2D eigenvalue weighted by Gasteiger charge is -2.11. The van der Waals surface area contributed by atoms with E-state index in [1.807, 2.05) is 12.1 Å². The molecular weight excluding hydrogens is 298 g/mol. The summed E-state index contributed by atoms with van der Waals surface area (Å²) < 4.78 is 6.69. The van der Waals surface area contributed by atoms with E-state index in [2.05, 4.69) is 5.10 Å². The maximum atomic E-state index is 10.5. The van der Waals surface area contributed by atoms with Gasteiger partial charge in [0.1, 0.15) is 12.4 Å². The van der Waals surface area contributed by atoms with Gasteiger partial charge in [0.25, 0.3) is 0 Å². The zero-order valence-electron chi connectivity index (χ0n) is 11.1. The number of rotatable bonds is 7. The zero-order chi connectivity index (χ0) is 15.2. The second-order valence-electron chi connectivity index (χ2n) is 4.47. The molecule has 1 atom stereocenters.